The molecular weight excluding hydrogens is 328 g/mol. The zero-order valence-corrected chi connectivity index (χ0v) is 14.2. The number of nitrogens with zero attached hydrogens (tertiary/aromatic N) is 2. The molecule has 1 fully saturated rings. The number of aromatic amines is 1. The minimum atomic E-state index is -0.192. The van der Waals surface area contributed by atoms with Crippen molar-refractivity contribution < 1.29 is 9.53 Å². The fourth-order valence-electron chi connectivity index (χ4n) is 3.08. The standard InChI is InChI=1S/C17H21ClN4O2/c18-13-6-7-16(15(8-13)12-4-2-1-3-5-12)24-11-17(23)19-9-14-10-20-22-21-14/h6-8,10,12H,1-5,9,11H2,(H,19,23)(H,20,21,22). The number of carbonyl (C=O) groups excluding carboxylic acids is 1. The highest BCUT2D eigenvalue weighted by molar-refractivity contribution is 6.30. The molecule has 1 amide bonds. The second kappa shape index (κ2) is 8.15. The number of carbonyl (C=O) groups is 1. The molecule has 0 spiro atoms. The molecule has 2 N–H and O–H groups in total. The highest BCUT2D eigenvalue weighted by Gasteiger charge is 2.20. The maximum absolute atomic E-state index is 11.9. The molecule has 2 aromatic rings. The van der Waals surface area contributed by atoms with Gasteiger partial charge in [-0.25, -0.2) is 0 Å². The van der Waals surface area contributed by atoms with Crippen molar-refractivity contribution in [2.24, 2.45) is 0 Å². The molecule has 6 nitrogen and oxygen atoms in total. The lowest BCUT2D eigenvalue weighted by molar-refractivity contribution is -0.123. The summed E-state index contributed by atoms with van der Waals surface area (Å²) in [5, 5.41) is 13.5. The van der Waals surface area contributed by atoms with Crippen molar-refractivity contribution >= 4 is 17.5 Å². The third kappa shape index (κ3) is 4.47. The van der Waals surface area contributed by atoms with Crippen LogP contribution >= 0.6 is 11.6 Å². The molecule has 0 aliphatic heterocycles. The lowest BCUT2D eigenvalue weighted by atomic mass is 9.84. The van der Waals surface area contributed by atoms with Gasteiger partial charge < -0.3 is 10.1 Å². The number of H-pyrrole nitrogens is 1. The Morgan fingerprint density at radius 1 is 1.33 bits per heavy atom. The Morgan fingerprint density at radius 3 is 2.92 bits per heavy atom. The van der Waals surface area contributed by atoms with E-state index in [1.165, 1.54) is 19.3 Å². The van der Waals surface area contributed by atoms with E-state index in [0.29, 0.717) is 23.2 Å². The fraction of sp³-hybridized carbons (Fsp3) is 0.471. The van der Waals surface area contributed by atoms with Crippen LogP contribution < -0.4 is 10.1 Å². The first-order chi connectivity index (χ1) is 11.7. The predicted molar refractivity (Wildman–Crippen MR) is 91.0 cm³/mol. The summed E-state index contributed by atoms with van der Waals surface area (Å²) in [6, 6.07) is 5.63. The molecule has 24 heavy (non-hydrogen) atoms. The van der Waals surface area contributed by atoms with Gasteiger partial charge in [-0.1, -0.05) is 30.9 Å². The molecule has 1 aromatic carbocycles. The summed E-state index contributed by atoms with van der Waals surface area (Å²) in [5.41, 5.74) is 1.80. The summed E-state index contributed by atoms with van der Waals surface area (Å²) in [6.07, 6.45) is 7.62. The number of amides is 1. The van der Waals surface area contributed by atoms with Gasteiger partial charge in [0.25, 0.3) is 5.91 Å². The van der Waals surface area contributed by atoms with E-state index in [1.54, 1.807) is 12.3 Å². The van der Waals surface area contributed by atoms with Crippen LogP contribution in [-0.4, -0.2) is 27.9 Å². The smallest absolute Gasteiger partial charge is 0.258 e. The average molecular weight is 349 g/mol. The van der Waals surface area contributed by atoms with Gasteiger partial charge >= 0.3 is 0 Å². The number of aromatic nitrogens is 3. The molecule has 0 saturated heterocycles. The van der Waals surface area contributed by atoms with Gasteiger partial charge in [-0.2, -0.15) is 15.4 Å². The second-order valence-electron chi connectivity index (χ2n) is 6.04. The summed E-state index contributed by atoms with van der Waals surface area (Å²) in [4.78, 5) is 11.9. The van der Waals surface area contributed by atoms with E-state index in [0.717, 1.165) is 24.2 Å². The third-order valence-electron chi connectivity index (χ3n) is 4.31. The summed E-state index contributed by atoms with van der Waals surface area (Å²) < 4.78 is 5.76. The van der Waals surface area contributed by atoms with Crippen LogP contribution in [0.25, 0.3) is 0 Å². The zero-order chi connectivity index (χ0) is 16.8. The minimum Gasteiger partial charge on any atom is -0.483 e. The molecule has 128 valence electrons. The summed E-state index contributed by atoms with van der Waals surface area (Å²) in [7, 11) is 0. The molecule has 0 radical (unpaired) electrons. The Morgan fingerprint density at radius 2 is 2.17 bits per heavy atom. The van der Waals surface area contributed by atoms with Gasteiger partial charge in [0.1, 0.15) is 11.4 Å². The van der Waals surface area contributed by atoms with Crippen molar-refractivity contribution in [3.05, 3.63) is 40.7 Å². The number of benzene rings is 1. The first-order valence-corrected chi connectivity index (χ1v) is 8.64. The Bertz CT molecular complexity index is 669. The second-order valence-corrected chi connectivity index (χ2v) is 6.48. The van der Waals surface area contributed by atoms with Gasteiger partial charge in [-0.05, 0) is 42.5 Å². The summed E-state index contributed by atoms with van der Waals surface area (Å²) in [6.45, 7) is 0.300. The normalized spacial score (nSPS) is 15.2. The SMILES string of the molecule is O=C(COc1ccc(Cl)cc1C1CCCCC1)NCc1cn[nH]n1. The van der Waals surface area contributed by atoms with E-state index < -0.39 is 0 Å². The zero-order valence-electron chi connectivity index (χ0n) is 13.4. The van der Waals surface area contributed by atoms with Crippen LogP contribution in [0.1, 0.15) is 49.3 Å². The van der Waals surface area contributed by atoms with Crippen molar-refractivity contribution in [1.82, 2.24) is 20.7 Å². The molecular formula is C17H21ClN4O2. The van der Waals surface area contributed by atoms with Crippen LogP contribution in [0.5, 0.6) is 5.75 Å². The van der Waals surface area contributed by atoms with Gasteiger partial charge in [0.15, 0.2) is 6.61 Å². The van der Waals surface area contributed by atoms with Crippen molar-refractivity contribution in [3.8, 4) is 5.75 Å². The largest absolute Gasteiger partial charge is 0.483 e. The monoisotopic (exact) mass is 348 g/mol. The van der Waals surface area contributed by atoms with Gasteiger partial charge in [-0.15, -0.1) is 0 Å². The number of rotatable bonds is 6. The Hall–Kier alpha value is -2.08. The fourth-order valence-corrected chi connectivity index (χ4v) is 3.26. The highest BCUT2D eigenvalue weighted by Crippen LogP contribution is 2.38. The molecule has 1 aliphatic rings. The molecule has 7 heteroatoms. The van der Waals surface area contributed by atoms with Crippen molar-refractivity contribution in [2.45, 2.75) is 44.6 Å². The average Bonchev–Trinajstić information content (AvgIpc) is 3.13. The van der Waals surface area contributed by atoms with Crippen molar-refractivity contribution in [2.75, 3.05) is 6.61 Å². The van der Waals surface area contributed by atoms with Crippen LogP contribution in [0.4, 0.5) is 0 Å². The van der Waals surface area contributed by atoms with E-state index >= 15 is 0 Å². The Balaban J connectivity index is 1.58. The molecule has 0 atom stereocenters. The van der Waals surface area contributed by atoms with Crippen molar-refractivity contribution in [3.63, 3.8) is 0 Å². The Labute approximate surface area is 145 Å². The number of hydrogen-bond donors (Lipinski definition) is 2. The predicted octanol–water partition coefficient (Wildman–Crippen LogP) is 3.20. The molecule has 1 aliphatic carbocycles. The number of nitrogens with one attached hydrogen (secondary N) is 2. The number of hydrogen-bond acceptors (Lipinski definition) is 4. The summed E-state index contributed by atoms with van der Waals surface area (Å²) in [5.74, 6) is 1.02. The lowest BCUT2D eigenvalue weighted by Crippen LogP contribution is -2.28. The topological polar surface area (TPSA) is 79.9 Å². The van der Waals surface area contributed by atoms with Crippen LogP contribution in [0, 0.1) is 0 Å². The molecule has 0 unspecified atom stereocenters. The van der Waals surface area contributed by atoms with E-state index in [4.69, 9.17) is 16.3 Å². The minimum absolute atomic E-state index is 0.0286. The van der Waals surface area contributed by atoms with E-state index in [-0.39, 0.29) is 12.5 Å². The molecule has 1 heterocycles. The third-order valence-corrected chi connectivity index (χ3v) is 4.54. The van der Waals surface area contributed by atoms with Crippen LogP contribution in [0.3, 0.4) is 0 Å². The van der Waals surface area contributed by atoms with Gasteiger partial charge in [-0.3, -0.25) is 4.79 Å². The quantitative estimate of drug-likeness (QED) is 0.840. The van der Waals surface area contributed by atoms with Gasteiger partial charge in [0.2, 0.25) is 0 Å². The molecule has 3 rings (SSSR count). The van der Waals surface area contributed by atoms with Crippen LogP contribution in [0.15, 0.2) is 24.4 Å². The number of ether oxygens (including phenoxy) is 1. The van der Waals surface area contributed by atoms with Crippen LogP contribution in [0.2, 0.25) is 5.02 Å². The van der Waals surface area contributed by atoms with Crippen LogP contribution in [-0.2, 0) is 11.3 Å². The first kappa shape index (κ1) is 16.8. The molecule has 1 aromatic heterocycles. The van der Waals surface area contributed by atoms with Gasteiger partial charge in [0.05, 0.1) is 12.7 Å². The summed E-state index contributed by atoms with van der Waals surface area (Å²) >= 11 is 6.15. The maximum atomic E-state index is 11.9. The highest BCUT2D eigenvalue weighted by atomic mass is 35.5. The van der Waals surface area contributed by atoms with E-state index in [2.05, 4.69) is 20.7 Å². The number of halogens is 1. The van der Waals surface area contributed by atoms with Crippen molar-refractivity contribution in [1.29, 1.82) is 0 Å². The molecule has 1 saturated carbocycles. The maximum Gasteiger partial charge on any atom is 0.258 e. The lowest BCUT2D eigenvalue weighted by Gasteiger charge is -2.24. The molecule has 0 bridgehead atoms. The van der Waals surface area contributed by atoms with Gasteiger partial charge in [0, 0.05) is 5.02 Å². The Kier molecular flexibility index (Phi) is 5.69. The first-order valence-electron chi connectivity index (χ1n) is 8.26. The van der Waals surface area contributed by atoms with E-state index in [1.807, 2.05) is 12.1 Å². The van der Waals surface area contributed by atoms with E-state index in [9.17, 15) is 4.79 Å².